The number of hydrogen-bond acceptors (Lipinski definition) is 8. The maximum Gasteiger partial charge on any atom is 0.157 e. The van der Waals surface area contributed by atoms with E-state index in [1.165, 1.54) is 22.6 Å². The molecule has 3 unspecified atom stereocenters. The number of nitrogens with zero attached hydrogens (tertiary/aromatic N) is 3. The third kappa shape index (κ3) is 4.80. The van der Waals surface area contributed by atoms with Gasteiger partial charge in [0.05, 0.1) is 33.7 Å². The Labute approximate surface area is 212 Å². The lowest BCUT2D eigenvalue weighted by atomic mass is 9.99. The van der Waals surface area contributed by atoms with Gasteiger partial charge >= 0.3 is 0 Å². The van der Waals surface area contributed by atoms with E-state index >= 15 is 0 Å². The van der Waals surface area contributed by atoms with Gasteiger partial charge in [-0.3, -0.25) is 4.90 Å². The second kappa shape index (κ2) is 10.1. The van der Waals surface area contributed by atoms with Crippen molar-refractivity contribution in [2.45, 2.75) is 50.9 Å². The minimum absolute atomic E-state index is 0.0295. The van der Waals surface area contributed by atoms with Crippen LogP contribution in [0.25, 0.3) is 20.4 Å². The van der Waals surface area contributed by atoms with Crippen molar-refractivity contribution in [1.29, 1.82) is 0 Å². The second-order valence-electron chi connectivity index (χ2n) is 9.34. The van der Waals surface area contributed by atoms with Crippen LogP contribution >= 0.6 is 22.7 Å². The first-order valence-corrected chi connectivity index (χ1v) is 14.0. The van der Waals surface area contributed by atoms with Gasteiger partial charge in [0.25, 0.3) is 0 Å². The molecular formula is C26H29FN4O2S2. The molecule has 2 aliphatic rings. The Morgan fingerprint density at radius 3 is 3.03 bits per heavy atom. The van der Waals surface area contributed by atoms with Gasteiger partial charge in [-0.25, -0.2) is 14.4 Å². The number of pyridine rings is 1. The zero-order valence-electron chi connectivity index (χ0n) is 19.7. The van der Waals surface area contributed by atoms with Gasteiger partial charge in [0.15, 0.2) is 6.29 Å². The van der Waals surface area contributed by atoms with Crippen LogP contribution < -0.4 is 5.32 Å². The van der Waals surface area contributed by atoms with E-state index < -0.39 is 0 Å². The van der Waals surface area contributed by atoms with Crippen LogP contribution in [0.3, 0.4) is 0 Å². The Kier molecular flexibility index (Phi) is 6.68. The summed E-state index contributed by atoms with van der Waals surface area (Å²) < 4.78 is 27.2. The molecule has 35 heavy (non-hydrogen) atoms. The smallest absolute Gasteiger partial charge is 0.157 e. The molecule has 1 N–H and O–H groups in total. The number of ether oxygens (including phenoxy) is 2. The lowest BCUT2D eigenvalue weighted by Gasteiger charge is -2.26. The minimum Gasteiger partial charge on any atom is -0.353 e. The lowest BCUT2D eigenvalue weighted by molar-refractivity contribution is -0.164. The molecular weight excluding hydrogens is 483 g/mol. The molecule has 2 saturated heterocycles. The molecule has 2 fully saturated rings. The molecule has 0 spiro atoms. The van der Waals surface area contributed by atoms with Crippen molar-refractivity contribution in [1.82, 2.24) is 14.9 Å². The number of nitrogens with one attached hydrogen (secondary N) is 1. The highest BCUT2D eigenvalue weighted by Crippen LogP contribution is 2.41. The maximum atomic E-state index is 14.7. The Balaban J connectivity index is 1.16. The third-order valence-corrected chi connectivity index (χ3v) is 9.18. The molecule has 0 aliphatic carbocycles. The maximum absolute atomic E-state index is 14.7. The average molecular weight is 513 g/mol. The van der Waals surface area contributed by atoms with E-state index in [1.807, 2.05) is 6.07 Å². The molecule has 1 aromatic carbocycles. The summed E-state index contributed by atoms with van der Waals surface area (Å²) in [6, 6.07) is 7.91. The van der Waals surface area contributed by atoms with Crippen molar-refractivity contribution < 1.29 is 13.9 Å². The van der Waals surface area contributed by atoms with E-state index in [1.54, 1.807) is 35.2 Å². The van der Waals surface area contributed by atoms with Crippen molar-refractivity contribution >= 4 is 54.5 Å². The molecule has 6 nitrogen and oxygen atoms in total. The largest absolute Gasteiger partial charge is 0.353 e. The summed E-state index contributed by atoms with van der Waals surface area (Å²) in [5.74, 6) is 0.180. The first kappa shape index (κ1) is 23.2. The monoisotopic (exact) mass is 512 g/mol. The molecule has 9 heteroatoms. The number of thiazole rings is 1. The van der Waals surface area contributed by atoms with Crippen molar-refractivity contribution in [3.05, 3.63) is 46.7 Å². The Hall–Kier alpha value is -2.17. The van der Waals surface area contributed by atoms with Crippen molar-refractivity contribution in [3.8, 4) is 0 Å². The number of rotatable bonds is 7. The number of fused-ring (bicyclic) bond motifs is 2. The van der Waals surface area contributed by atoms with Crippen LogP contribution in [0.1, 0.15) is 43.4 Å². The van der Waals surface area contributed by atoms with E-state index in [4.69, 9.17) is 9.47 Å². The lowest BCUT2D eigenvalue weighted by Crippen LogP contribution is -2.34. The first-order chi connectivity index (χ1) is 17.2. The Morgan fingerprint density at radius 1 is 1.20 bits per heavy atom. The van der Waals surface area contributed by atoms with Crippen LogP contribution in [0.5, 0.6) is 0 Å². The van der Waals surface area contributed by atoms with E-state index in [0.29, 0.717) is 24.3 Å². The minimum atomic E-state index is -0.275. The fourth-order valence-electron chi connectivity index (χ4n) is 5.21. The summed E-state index contributed by atoms with van der Waals surface area (Å²) in [5, 5.41) is 4.33. The number of hydrogen-bond donors (Lipinski definition) is 1. The standard InChI is InChI=1S/C26H29FN4O2S2/c1-16-17(6-8-31(16)9-11-33-25-4-2-3-10-32-25)23-12-18-20(5-7-28-26(18)35-23)30-21-14-22-24(13-19(21)27)34-15-29-22/h5,7,12-17,25H,2-4,6,8-11H2,1H3,(H,28,30). The van der Waals surface area contributed by atoms with Crippen LogP contribution in [0, 0.1) is 5.82 Å². The summed E-state index contributed by atoms with van der Waals surface area (Å²) in [7, 11) is 0. The average Bonchev–Trinajstić information content (AvgIpc) is 3.59. The number of thiophene rings is 1. The van der Waals surface area contributed by atoms with Crippen LogP contribution in [0.15, 0.2) is 36.0 Å². The van der Waals surface area contributed by atoms with Gasteiger partial charge in [0.2, 0.25) is 0 Å². The predicted octanol–water partition coefficient (Wildman–Crippen LogP) is 6.51. The van der Waals surface area contributed by atoms with Crippen LogP contribution in [-0.2, 0) is 9.47 Å². The molecule has 184 valence electrons. The molecule has 3 aromatic heterocycles. The molecule has 0 saturated carbocycles. The van der Waals surface area contributed by atoms with Gasteiger partial charge in [-0.2, -0.15) is 0 Å². The molecule has 0 radical (unpaired) electrons. The van der Waals surface area contributed by atoms with Gasteiger partial charge in [-0.1, -0.05) is 0 Å². The van der Waals surface area contributed by atoms with Crippen molar-refractivity contribution in [2.24, 2.45) is 0 Å². The summed E-state index contributed by atoms with van der Waals surface area (Å²) >= 11 is 3.19. The highest BCUT2D eigenvalue weighted by molar-refractivity contribution is 7.18. The summed E-state index contributed by atoms with van der Waals surface area (Å²) in [4.78, 5) is 13.8. The topological polar surface area (TPSA) is 59.5 Å². The normalized spacial score (nSPS) is 23.4. The fourth-order valence-corrected chi connectivity index (χ4v) is 7.16. The first-order valence-electron chi connectivity index (χ1n) is 12.3. The quantitative estimate of drug-likeness (QED) is 0.305. The van der Waals surface area contributed by atoms with E-state index in [-0.39, 0.29) is 12.1 Å². The van der Waals surface area contributed by atoms with Gasteiger partial charge in [0.1, 0.15) is 10.6 Å². The number of aromatic nitrogens is 2. The SMILES string of the molecule is CC1C(c2cc3c(Nc4cc5ncsc5cc4F)ccnc3s2)CCN1CCOC1CCCCO1. The molecule has 2 aliphatic heterocycles. The van der Waals surface area contributed by atoms with Gasteiger partial charge in [-0.15, -0.1) is 22.7 Å². The molecule has 4 aromatic rings. The van der Waals surface area contributed by atoms with Crippen molar-refractivity contribution in [2.75, 3.05) is 31.6 Å². The van der Waals surface area contributed by atoms with Gasteiger partial charge in [-0.05, 0) is 63.4 Å². The van der Waals surface area contributed by atoms with E-state index in [0.717, 1.165) is 65.1 Å². The van der Waals surface area contributed by atoms with Crippen LogP contribution in [0.4, 0.5) is 15.8 Å². The third-order valence-electron chi connectivity index (χ3n) is 7.22. The van der Waals surface area contributed by atoms with Crippen LogP contribution in [-0.4, -0.2) is 53.5 Å². The number of halogens is 1. The Bertz CT molecular complexity index is 1320. The molecule has 0 amide bonds. The van der Waals surface area contributed by atoms with Gasteiger partial charge in [0, 0.05) is 41.6 Å². The number of likely N-dealkylation sites (tertiary alicyclic amines) is 1. The van der Waals surface area contributed by atoms with Crippen LogP contribution in [0.2, 0.25) is 0 Å². The zero-order chi connectivity index (χ0) is 23.8. The number of benzene rings is 1. The molecule has 5 heterocycles. The zero-order valence-corrected chi connectivity index (χ0v) is 21.3. The molecule has 3 atom stereocenters. The molecule has 6 rings (SSSR count). The highest BCUT2D eigenvalue weighted by atomic mass is 32.1. The van der Waals surface area contributed by atoms with E-state index in [2.05, 4.69) is 33.2 Å². The highest BCUT2D eigenvalue weighted by Gasteiger charge is 2.33. The Morgan fingerprint density at radius 2 is 2.14 bits per heavy atom. The second-order valence-corrected chi connectivity index (χ2v) is 11.3. The van der Waals surface area contributed by atoms with Gasteiger partial charge < -0.3 is 14.8 Å². The fraction of sp³-hybridized carbons (Fsp3) is 0.462. The summed E-state index contributed by atoms with van der Waals surface area (Å²) in [6.45, 7) is 5.82. The summed E-state index contributed by atoms with van der Waals surface area (Å²) in [6.07, 6.45) is 6.21. The summed E-state index contributed by atoms with van der Waals surface area (Å²) in [5.41, 5.74) is 3.85. The number of anilines is 2. The van der Waals surface area contributed by atoms with E-state index in [9.17, 15) is 4.39 Å². The molecule has 0 bridgehead atoms. The predicted molar refractivity (Wildman–Crippen MR) is 140 cm³/mol. The van der Waals surface area contributed by atoms with Crippen molar-refractivity contribution in [3.63, 3.8) is 0 Å².